The number of H-pyrrole nitrogens is 1. The Labute approximate surface area is 137 Å². The molecule has 8 nitrogen and oxygen atoms in total. The van der Waals surface area contributed by atoms with E-state index in [1.54, 1.807) is 24.8 Å². The highest BCUT2D eigenvalue weighted by atomic mass is 15.1. The number of aromatic amines is 1. The minimum atomic E-state index is 0.00741. The Morgan fingerprint density at radius 2 is 2.17 bits per heavy atom. The fourth-order valence-corrected chi connectivity index (χ4v) is 2.52. The average molecular weight is 320 g/mol. The van der Waals surface area contributed by atoms with Gasteiger partial charge < -0.3 is 15.5 Å². The van der Waals surface area contributed by atoms with Crippen LogP contribution in [0.2, 0.25) is 0 Å². The molecule has 0 aliphatic heterocycles. The van der Waals surface area contributed by atoms with Crippen LogP contribution in [0.25, 0.3) is 16.9 Å². The first-order valence-electron chi connectivity index (χ1n) is 7.51. The van der Waals surface area contributed by atoms with Gasteiger partial charge >= 0.3 is 0 Å². The molecule has 0 aliphatic carbocycles. The molecule has 1 atom stereocenters. The molecule has 1 unspecified atom stereocenters. The molecule has 0 bridgehead atoms. The largest absolute Gasteiger partial charge is 0.381 e. The van der Waals surface area contributed by atoms with Gasteiger partial charge in [0.2, 0.25) is 0 Å². The molecular weight excluding hydrogens is 304 g/mol. The number of fused-ring (bicyclic) bond motifs is 1. The fraction of sp³-hybridized carbons (Fsp3) is 0.125. The Kier molecular flexibility index (Phi) is 3.34. The van der Waals surface area contributed by atoms with E-state index in [1.165, 1.54) is 0 Å². The molecule has 0 radical (unpaired) electrons. The van der Waals surface area contributed by atoms with E-state index in [9.17, 15) is 0 Å². The van der Waals surface area contributed by atoms with Crippen molar-refractivity contribution in [2.45, 2.75) is 13.0 Å². The summed E-state index contributed by atoms with van der Waals surface area (Å²) in [5.74, 6) is 0.907. The SMILES string of the molecule is CC(Nc1nc(-c2cn[nH]c2)cnc1N)c1ccc2nccn2c1. The Hall–Kier alpha value is -3.42. The van der Waals surface area contributed by atoms with Gasteiger partial charge in [0.1, 0.15) is 5.65 Å². The maximum atomic E-state index is 5.97. The highest BCUT2D eigenvalue weighted by molar-refractivity contribution is 5.64. The number of anilines is 2. The monoisotopic (exact) mass is 320 g/mol. The number of nitrogens with two attached hydrogens (primary N) is 1. The second-order valence-corrected chi connectivity index (χ2v) is 5.50. The molecule has 4 heterocycles. The van der Waals surface area contributed by atoms with Crippen molar-refractivity contribution >= 4 is 17.3 Å². The van der Waals surface area contributed by atoms with Crippen molar-refractivity contribution < 1.29 is 0 Å². The van der Waals surface area contributed by atoms with E-state index in [-0.39, 0.29) is 6.04 Å². The zero-order chi connectivity index (χ0) is 16.5. The number of hydrogen-bond donors (Lipinski definition) is 3. The Balaban J connectivity index is 1.63. The highest BCUT2D eigenvalue weighted by Gasteiger charge is 2.12. The van der Waals surface area contributed by atoms with E-state index in [4.69, 9.17) is 5.73 Å². The van der Waals surface area contributed by atoms with Gasteiger partial charge in [0.25, 0.3) is 0 Å². The van der Waals surface area contributed by atoms with Crippen molar-refractivity contribution in [1.29, 1.82) is 0 Å². The first-order chi connectivity index (χ1) is 11.7. The molecule has 120 valence electrons. The molecule has 0 aliphatic rings. The van der Waals surface area contributed by atoms with E-state index < -0.39 is 0 Å². The number of nitrogens with zero attached hydrogens (tertiary/aromatic N) is 5. The van der Waals surface area contributed by atoms with Gasteiger partial charge in [-0.25, -0.2) is 15.0 Å². The van der Waals surface area contributed by atoms with Gasteiger partial charge in [-0.1, -0.05) is 6.07 Å². The summed E-state index contributed by atoms with van der Waals surface area (Å²) in [6, 6.07) is 4.02. The molecule has 0 saturated heterocycles. The first-order valence-corrected chi connectivity index (χ1v) is 7.51. The van der Waals surface area contributed by atoms with Gasteiger partial charge in [-0.3, -0.25) is 5.10 Å². The highest BCUT2D eigenvalue weighted by Crippen LogP contribution is 2.24. The van der Waals surface area contributed by atoms with Crippen molar-refractivity contribution in [2.75, 3.05) is 11.1 Å². The van der Waals surface area contributed by atoms with Crippen LogP contribution in [0.4, 0.5) is 11.6 Å². The van der Waals surface area contributed by atoms with Crippen LogP contribution in [0.1, 0.15) is 18.5 Å². The van der Waals surface area contributed by atoms with Crippen molar-refractivity contribution in [1.82, 2.24) is 29.5 Å². The topological polar surface area (TPSA) is 110 Å². The number of aromatic nitrogens is 6. The maximum absolute atomic E-state index is 5.97. The van der Waals surface area contributed by atoms with Crippen LogP contribution in [0.3, 0.4) is 0 Å². The molecule has 0 aromatic carbocycles. The van der Waals surface area contributed by atoms with Crippen molar-refractivity contribution in [3.8, 4) is 11.3 Å². The summed E-state index contributed by atoms with van der Waals surface area (Å²) >= 11 is 0. The molecule has 24 heavy (non-hydrogen) atoms. The second-order valence-electron chi connectivity index (χ2n) is 5.50. The van der Waals surface area contributed by atoms with Crippen molar-refractivity contribution in [3.05, 3.63) is 54.9 Å². The lowest BCUT2D eigenvalue weighted by atomic mass is 10.1. The minimum absolute atomic E-state index is 0.00741. The summed E-state index contributed by atoms with van der Waals surface area (Å²) in [7, 11) is 0. The number of nitrogens with one attached hydrogen (secondary N) is 2. The van der Waals surface area contributed by atoms with Crippen molar-refractivity contribution in [2.24, 2.45) is 0 Å². The lowest BCUT2D eigenvalue weighted by Crippen LogP contribution is -2.11. The predicted molar refractivity (Wildman–Crippen MR) is 91.3 cm³/mol. The molecule has 4 rings (SSSR count). The van der Waals surface area contributed by atoms with Crippen molar-refractivity contribution in [3.63, 3.8) is 0 Å². The van der Waals surface area contributed by atoms with Crippen LogP contribution in [-0.2, 0) is 0 Å². The van der Waals surface area contributed by atoms with E-state index in [2.05, 4.69) is 30.5 Å². The van der Waals surface area contributed by atoms with Gasteiger partial charge in [0.15, 0.2) is 11.6 Å². The standard InChI is InChI=1S/C16H16N8/c1-10(11-2-3-14-18-4-5-24(14)9-11)22-16-15(17)19-8-13(23-16)12-6-20-21-7-12/h2-10H,1H3,(H2,17,19)(H,20,21)(H,22,23). The summed E-state index contributed by atoms with van der Waals surface area (Å²) < 4.78 is 1.98. The molecular formula is C16H16N8. The Bertz CT molecular complexity index is 973. The van der Waals surface area contributed by atoms with Gasteiger partial charge in [-0.15, -0.1) is 0 Å². The predicted octanol–water partition coefficient (Wildman–Crippen LogP) is 2.27. The fourth-order valence-electron chi connectivity index (χ4n) is 2.52. The minimum Gasteiger partial charge on any atom is -0.381 e. The van der Waals surface area contributed by atoms with Gasteiger partial charge in [-0.05, 0) is 18.6 Å². The Morgan fingerprint density at radius 3 is 3.00 bits per heavy atom. The molecule has 0 spiro atoms. The average Bonchev–Trinajstić information content (AvgIpc) is 3.27. The number of pyridine rings is 1. The van der Waals surface area contributed by atoms with Gasteiger partial charge in [0, 0.05) is 30.4 Å². The second kappa shape index (κ2) is 5.65. The summed E-state index contributed by atoms with van der Waals surface area (Å²) in [4.78, 5) is 13.0. The van der Waals surface area contributed by atoms with Crippen LogP contribution in [0.5, 0.6) is 0 Å². The lowest BCUT2D eigenvalue weighted by Gasteiger charge is -2.16. The Morgan fingerprint density at radius 1 is 1.25 bits per heavy atom. The summed E-state index contributed by atoms with van der Waals surface area (Å²) in [5, 5.41) is 10.0. The third-order valence-electron chi connectivity index (χ3n) is 3.86. The number of rotatable bonds is 4. The number of hydrogen-bond acceptors (Lipinski definition) is 6. The molecule has 4 aromatic heterocycles. The third kappa shape index (κ3) is 2.54. The van der Waals surface area contributed by atoms with E-state index in [1.807, 2.05) is 35.9 Å². The zero-order valence-corrected chi connectivity index (χ0v) is 13.0. The summed E-state index contributed by atoms with van der Waals surface area (Å²) in [5.41, 5.74) is 9.54. The van der Waals surface area contributed by atoms with Crippen LogP contribution >= 0.6 is 0 Å². The molecule has 0 fully saturated rings. The molecule has 0 saturated carbocycles. The maximum Gasteiger partial charge on any atom is 0.170 e. The number of nitrogen functional groups attached to an aromatic ring is 1. The molecule has 8 heteroatoms. The van der Waals surface area contributed by atoms with E-state index in [0.29, 0.717) is 17.3 Å². The lowest BCUT2D eigenvalue weighted by molar-refractivity contribution is 0.861. The van der Waals surface area contributed by atoms with Gasteiger partial charge in [0.05, 0.1) is 24.1 Å². The van der Waals surface area contributed by atoms with E-state index >= 15 is 0 Å². The smallest absolute Gasteiger partial charge is 0.170 e. The first kappa shape index (κ1) is 14.2. The van der Waals surface area contributed by atoms with Crippen LogP contribution in [0.15, 0.2) is 49.3 Å². The van der Waals surface area contributed by atoms with Crippen LogP contribution in [-0.4, -0.2) is 29.5 Å². The molecule has 0 amide bonds. The summed E-state index contributed by atoms with van der Waals surface area (Å²) in [6.07, 6.45) is 10.8. The molecule has 4 N–H and O–H groups in total. The van der Waals surface area contributed by atoms with Crippen LogP contribution < -0.4 is 11.1 Å². The summed E-state index contributed by atoms with van der Waals surface area (Å²) in [6.45, 7) is 2.05. The number of imidazole rings is 1. The van der Waals surface area contributed by atoms with E-state index in [0.717, 1.165) is 16.8 Å². The third-order valence-corrected chi connectivity index (χ3v) is 3.86. The quantitative estimate of drug-likeness (QED) is 0.532. The zero-order valence-electron chi connectivity index (χ0n) is 13.0. The van der Waals surface area contributed by atoms with Gasteiger partial charge in [-0.2, -0.15) is 5.10 Å². The normalized spacial score (nSPS) is 12.4. The molecule has 4 aromatic rings. The van der Waals surface area contributed by atoms with Crippen LogP contribution in [0, 0.1) is 0 Å².